The zero-order valence-electron chi connectivity index (χ0n) is 3.44. The van der Waals surface area contributed by atoms with Crippen molar-refractivity contribution >= 4 is 24.8 Å². The Morgan fingerprint density at radius 2 is 0.429 bits per heavy atom. The van der Waals surface area contributed by atoms with E-state index in [9.17, 15) is 0 Å². The SMILES string of the molecule is Cl.Cl.[NH2-].[NH2-].[NH2-].[NH2-].[Pt+4]. The predicted octanol–water partition coefficient (Wildman–Crippen LogP) is 3.71. The predicted molar refractivity (Wildman–Crippen MR) is 35.6 cm³/mol. The van der Waals surface area contributed by atoms with Crippen LogP contribution in [0.15, 0.2) is 0 Å². The van der Waals surface area contributed by atoms with Gasteiger partial charge in [0.15, 0.2) is 0 Å². The first-order valence-corrected chi connectivity index (χ1v) is 0. The van der Waals surface area contributed by atoms with E-state index < -0.39 is 0 Å². The normalized spacial score (nSPS) is 0. The molecule has 0 amide bonds. The van der Waals surface area contributed by atoms with Gasteiger partial charge in [-0.2, -0.15) is 0 Å². The quantitative estimate of drug-likeness (QED) is 0.639. The van der Waals surface area contributed by atoms with Crippen molar-refractivity contribution in [2.45, 2.75) is 0 Å². The molecule has 0 heterocycles. The Balaban J connectivity index is 0. The van der Waals surface area contributed by atoms with Crippen LogP contribution in [0.2, 0.25) is 0 Å². The molecular formula is H10Cl2N4Pt. The third kappa shape index (κ3) is 151. The van der Waals surface area contributed by atoms with Crippen molar-refractivity contribution in [3.63, 3.8) is 0 Å². The van der Waals surface area contributed by atoms with Gasteiger partial charge in [0.2, 0.25) is 0 Å². The molecule has 0 unspecified atom stereocenters. The third-order valence-electron chi connectivity index (χ3n) is 0. The fourth-order valence-electron chi connectivity index (χ4n) is 0. The van der Waals surface area contributed by atoms with Crippen molar-refractivity contribution in [1.82, 2.24) is 0 Å². The van der Waals surface area contributed by atoms with Crippen LogP contribution in [-0.4, -0.2) is 0 Å². The smallest absolute Gasteiger partial charge is 0.693 e. The summed E-state index contributed by atoms with van der Waals surface area (Å²) >= 11 is 0. The summed E-state index contributed by atoms with van der Waals surface area (Å²) in [6.45, 7) is 0. The minimum Gasteiger partial charge on any atom is -0.693 e. The van der Waals surface area contributed by atoms with E-state index in [0.29, 0.717) is 0 Å². The summed E-state index contributed by atoms with van der Waals surface area (Å²) in [4.78, 5) is 0. The second-order valence-electron chi connectivity index (χ2n) is 0. The van der Waals surface area contributed by atoms with Crippen molar-refractivity contribution in [3.8, 4) is 0 Å². The minimum atomic E-state index is 0. The van der Waals surface area contributed by atoms with Gasteiger partial charge in [0.1, 0.15) is 0 Å². The summed E-state index contributed by atoms with van der Waals surface area (Å²) < 4.78 is 0. The van der Waals surface area contributed by atoms with E-state index in [1.807, 2.05) is 0 Å². The Bertz CT molecular complexity index is 9.65. The number of halogens is 2. The monoisotopic (exact) mass is 331 g/mol. The molecule has 0 aliphatic carbocycles. The molecule has 4 nitrogen and oxygen atoms in total. The van der Waals surface area contributed by atoms with Crippen LogP contribution in [0.1, 0.15) is 0 Å². The fourth-order valence-corrected chi connectivity index (χ4v) is 0. The summed E-state index contributed by atoms with van der Waals surface area (Å²) in [5.41, 5.74) is 0. The van der Waals surface area contributed by atoms with Crippen LogP contribution in [0.25, 0.3) is 24.6 Å². The van der Waals surface area contributed by atoms with Gasteiger partial charge in [-0.1, -0.05) is 0 Å². The maximum atomic E-state index is 0. The Labute approximate surface area is 70.6 Å². The van der Waals surface area contributed by atoms with Crippen molar-refractivity contribution in [2.24, 2.45) is 0 Å². The van der Waals surface area contributed by atoms with Gasteiger partial charge in [-0.25, -0.2) is 0 Å². The molecule has 7 heavy (non-hydrogen) atoms. The first kappa shape index (κ1) is 334. The molecule has 0 spiro atoms. The second-order valence-corrected chi connectivity index (χ2v) is 0. The van der Waals surface area contributed by atoms with Crippen LogP contribution < -0.4 is 0 Å². The number of rotatable bonds is 0. The molecule has 0 aliphatic heterocycles. The average molecular weight is 332 g/mol. The molecular weight excluding hydrogens is 322 g/mol. The summed E-state index contributed by atoms with van der Waals surface area (Å²) in [7, 11) is 0. The summed E-state index contributed by atoms with van der Waals surface area (Å²) in [5.74, 6) is 0. The number of hydrogen-bond donors (Lipinski definition) is 0. The van der Waals surface area contributed by atoms with Gasteiger partial charge in [-0.15, -0.1) is 24.8 Å². The van der Waals surface area contributed by atoms with Crippen LogP contribution >= 0.6 is 24.8 Å². The van der Waals surface area contributed by atoms with Crippen molar-refractivity contribution < 1.29 is 21.1 Å². The van der Waals surface area contributed by atoms with E-state index in [1.165, 1.54) is 0 Å². The molecule has 0 saturated heterocycles. The maximum absolute atomic E-state index is 0. The molecule has 8 N–H and O–H groups in total. The van der Waals surface area contributed by atoms with E-state index in [1.54, 1.807) is 0 Å². The molecule has 0 aliphatic rings. The Morgan fingerprint density at radius 3 is 0.429 bits per heavy atom. The first-order chi connectivity index (χ1) is 0. The molecule has 0 radical (unpaired) electrons. The van der Waals surface area contributed by atoms with Crippen LogP contribution in [0.4, 0.5) is 0 Å². The molecule has 0 aromatic carbocycles. The zero-order chi connectivity index (χ0) is 0. The fraction of sp³-hybridized carbons (Fsp3) is 0. The van der Waals surface area contributed by atoms with Gasteiger partial charge >= 0.3 is 21.1 Å². The molecule has 0 aromatic heterocycles. The molecule has 0 saturated carbocycles. The number of hydrogen-bond acceptors (Lipinski definition) is 0. The molecule has 7 heteroatoms. The Hall–Kier alpha value is 1.11. The topological polar surface area (TPSA) is 134 Å². The van der Waals surface area contributed by atoms with Gasteiger partial charge in [0.25, 0.3) is 0 Å². The first-order valence-electron chi connectivity index (χ1n) is 0. The largest absolute Gasteiger partial charge is 4.00 e. The molecule has 54 valence electrons. The van der Waals surface area contributed by atoms with Gasteiger partial charge < -0.3 is 24.6 Å². The van der Waals surface area contributed by atoms with Gasteiger partial charge in [-0.3, -0.25) is 0 Å². The minimum absolute atomic E-state index is 0. The zero-order valence-corrected chi connectivity index (χ0v) is 7.35. The van der Waals surface area contributed by atoms with E-state index in [-0.39, 0.29) is 70.5 Å². The maximum Gasteiger partial charge on any atom is 4.00 e. The van der Waals surface area contributed by atoms with Crippen LogP contribution in [0.5, 0.6) is 0 Å². The van der Waals surface area contributed by atoms with Crippen molar-refractivity contribution in [2.75, 3.05) is 0 Å². The third-order valence-corrected chi connectivity index (χ3v) is 0. The summed E-state index contributed by atoms with van der Waals surface area (Å²) in [6.07, 6.45) is 0. The second kappa shape index (κ2) is 216. The van der Waals surface area contributed by atoms with E-state index in [0.717, 1.165) is 0 Å². The van der Waals surface area contributed by atoms with E-state index in [4.69, 9.17) is 0 Å². The molecule has 0 rings (SSSR count). The van der Waals surface area contributed by atoms with Crippen molar-refractivity contribution in [3.05, 3.63) is 24.6 Å². The molecule has 0 fully saturated rings. The number of nitrogens with two attached hydrogens (primary N) is 4. The van der Waals surface area contributed by atoms with Crippen LogP contribution in [0, 0.1) is 0 Å². The van der Waals surface area contributed by atoms with Crippen LogP contribution in [0.3, 0.4) is 0 Å². The standard InChI is InChI=1S/2ClH.4H2N.Pt/h2*1H;4*1H2;/q;;4*-1;+4. The molecule has 0 aromatic rings. The van der Waals surface area contributed by atoms with Gasteiger partial charge in [-0.05, 0) is 0 Å². The van der Waals surface area contributed by atoms with Crippen LogP contribution in [-0.2, 0) is 21.1 Å². The average Bonchev–Trinajstić information content (AvgIpc) is 0. The van der Waals surface area contributed by atoms with Crippen molar-refractivity contribution in [1.29, 1.82) is 0 Å². The van der Waals surface area contributed by atoms with Gasteiger partial charge in [0, 0.05) is 0 Å². The Morgan fingerprint density at radius 1 is 0.429 bits per heavy atom. The summed E-state index contributed by atoms with van der Waals surface area (Å²) in [6, 6.07) is 0. The molecule has 0 bridgehead atoms. The summed E-state index contributed by atoms with van der Waals surface area (Å²) in [5, 5.41) is 0. The van der Waals surface area contributed by atoms with E-state index in [2.05, 4.69) is 0 Å². The van der Waals surface area contributed by atoms with Gasteiger partial charge in [0.05, 0.1) is 0 Å². The Kier molecular flexibility index (Phi) is 10300. The van der Waals surface area contributed by atoms with E-state index >= 15 is 0 Å². The molecule has 0 atom stereocenters.